The standard InChI is InChI=1S/C20H24N2O/c1-3-22(4-2)20(23)17-11-9-16(10-12-17)19-14-13-15-7-5-6-8-18(15)21-19/h5-12,19,21H,3-4,13-14H2,1-2H3. The molecule has 1 heterocycles. The number of aryl methyl sites for hydroxylation is 1. The third-order valence-corrected chi connectivity index (χ3v) is 4.66. The van der Waals surface area contributed by atoms with E-state index in [-0.39, 0.29) is 5.91 Å². The Bertz CT molecular complexity index is 674. The van der Waals surface area contributed by atoms with E-state index in [0.717, 1.165) is 31.5 Å². The summed E-state index contributed by atoms with van der Waals surface area (Å²) in [6.45, 7) is 5.52. The number of amides is 1. The monoisotopic (exact) mass is 308 g/mol. The molecule has 2 aromatic carbocycles. The second-order valence-corrected chi connectivity index (χ2v) is 5.99. The van der Waals surface area contributed by atoms with Gasteiger partial charge in [0.25, 0.3) is 5.91 Å². The quantitative estimate of drug-likeness (QED) is 0.915. The topological polar surface area (TPSA) is 32.3 Å². The van der Waals surface area contributed by atoms with Gasteiger partial charge in [-0.05, 0) is 56.0 Å². The molecular weight excluding hydrogens is 284 g/mol. The first-order valence-corrected chi connectivity index (χ1v) is 8.46. The van der Waals surface area contributed by atoms with Crippen LogP contribution in [0.25, 0.3) is 0 Å². The summed E-state index contributed by atoms with van der Waals surface area (Å²) in [7, 11) is 0. The summed E-state index contributed by atoms with van der Waals surface area (Å²) in [5, 5.41) is 3.61. The molecule has 1 unspecified atom stereocenters. The van der Waals surface area contributed by atoms with E-state index < -0.39 is 0 Å². The molecule has 3 heteroatoms. The first kappa shape index (κ1) is 15.6. The highest BCUT2D eigenvalue weighted by molar-refractivity contribution is 5.94. The zero-order valence-electron chi connectivity index (χ0n) is 13.9. The van der Waals surface area contributed by atoms with E-state index in [0.29, 0.717) is 6.04 Å². The van der Waals surface area contributed by atoms with Crippen molar-refractivity contribution in [2.75, 3.05) is 18.4 Å². The SMILES string of the molecule is CCN(CC)C(=O)c1ccc(C2CCc3ccccc3N2)cc1. The minimum absolute atomic E-state index is 0.114. The zero-order chi connectivity index (χ0) is 16.2. The molecule has 0 saturated carbocycles. The average Bonchev–Trinajstić information content (AvgIpc) is 2.62. The largest absolute Gasteiger partial charge is 0.378 e. The second kappa shape index (κ2) is 6.86. The van der Waals surface area contributed by atoms with Crippen LogP contribution < -0.4 is 5.32 Å². The van der Waals surface area contributed by atoms with Crippen LogP contribution in [0.4, 0.5) is 5.69 Å². The number of nitrogens with one attached hydrogen (secondary N) is 1. The minimum atomic E-state index is 0.114. The number of para-hydroxylation sites is 1. The van der Waals surface area contributed by atoms with Gasteiger partial charge in [0.2, 0.25) is 0 Å². The third-order valence-electron chi connectivity index (χ3n) is 4.66. The van der Waals surface area contributed by atoms with Gasteiger partial charge in [0.1, 0.15) is 0 Å². The molecule has 0 aromatic heterocycles. The molecule has 0 saturated heterocycles. The Morgan fingerprint density at radius 2 is 1.78 bits per heavy atom. The van der Waals surface area contributed by atoms with Crippen molar-refractivity contribution in [1.29, 1.82) is 0 Å². The number of carbonyl (C=O) groups excluding carboxylic acids is 1. The van der Waals surface area contributed by atoms with Crippen molar-refractivity contribution in [3.63, 3.8) is 0 Å². The molecule has 0 spiro atoms. The highest BCUT2D eigenvalue weighted by atomic mass is 16.2. The van der Waals surface area contributed by atoms with Crippen LogP contribution in [0.3, 0.4) is 0 Å². The first-order chi connectivity index (χ1) is 11.2. The molecule has 0 aliphatic carbocycles. The number of anilines is 1. The van der Waals surface area contributed by atoms with Gasteiger partial charge in [-0.15, -0.1) is 0 Å². The Kier molecular flexibility index (Phi) is 4.65. The van der Waals surface area contributed by atoms with E-state index in [4.69, 9.17) is 0 Å². The van der Waals surface area contributed by atoms with Crippen molar-refractivity contribution in [2.45, 2.75) is 32.7 Å². The summed E-state index contributed by atoms with van der Waals surface area (Å²) in [5.41, 5.74) is 4.63. The van der Waals surface area contributed by atoms with E-state index in [1.807, 2.05) is 30.9 Å². The predicted molar refractivity (Wildman–Crippen MR) is 94.8 cm³/mol. The Balaban J connectivity index is 1.75. The minimum Gasteiger partial charge on any atom is -0.378 e. The molecular formula is C20H24N2O. The van der Waals surface area contributed by atoms with Crippen LogP contribution >= 0.6 is 0 Å². The molecule has 3 rings (SSSR count). The lowest BCUT2D eigenvalue weighted by Crippen LogP contribution is -2.30. The van der Waals surface area contributed by atoms with Gasteiger partial charge in [0.05, 0.1) is 6.04 Å². The number of fused-ring (bicyclic) bond motifs is 1. The van der Waals surface area contributed by atoms with Crippen LogP contribution in [0.1, 0.15) is 47.8 Å². The molecule has 2 aromatic rings. The lowest BCUT2D eigenvalue weighted by molar-refractivity contribution is 0.0773. The van der Waals surface area contributed by atoms with Crippen LogP contribution in [0.15, 0.2) is 48.5 Å². The lowest BCUT2D eigenvalue weighted by Gasteiger charge is -2.27. The third kappa shape index (κ3) is 3.24. The van der Waals surface area contributed by atoms with Crippen molar-refractivity contribution in [1.82, 2.24) is 4.90 Å². The van der Waals surface area contributed by atoms with Gasteiger partial charge in [-0.1, -0.05) is 30.3 Å². The fourth-order valence-corrected chi connectivity index (χ4v) is 3.24. The Morgan fingerprint density at radius 1 is 1.09 bits per heavy atom. The fraction of sp³-hybridized carbons (Fsp3) is 0.350. The van der Waals surface area contributed by atoms with Gasteiger partial charge in [0, 0.05) is 24.3 Å². The molecule has 3 nitrogen and oxygen atoms in total. The maximum absolute atomic E-state index is 12.4. The van der Waals surface area contributed by atoms with Crippen molar-refractivity contribution in [3.05, 3.63) is 65.2 Å². The van der Waals surface area contributed by atoms with Crippen LogP contribution in [0.5, 0.6) is 0 Å². The van der Waals surface area contributed by atoms with Gasteiger partial charge in [-0.2, -0.15) is 0 Å². The molecule has 0 radical (unpaired) electrons. The molecule has 1 amide bonds. The normalized spacial score (nSPS) is 16.3. The maximum atomic E-state index is 12.4. The molecule has 0 fully saturated rings. The number of nitrogens with zero attached hydrogens (tertiary/aromatic N) is 1. The van der Waals surface area contributed by atoms with Crippen LogP contribution in [-0.4, -0.2) is 23.9 Å². The maximum Gasteiger partial charge on any atom is 0.253 e. The number of benzene rings is 2. The summed E-state index contributed by atoms with van der Waals surface area (Å²) in [4.78, 5) is 14.2. The number of hydrogen-bond acceptors (Lipinski definition) is 2. The summed E-state index contributed by atoms with van der Waals surface area (Å²) < 4.78 is 0. The van der Waals surface area contributed by atoms with E-state index >= 15 is 0 Å². The lowest BCUT2D eigenvalue weighted by atomic mass is 9.93. The molecule has 23 heavy (non-hydrogen) atoms. The Hall–Kier alpha value is -2.29. The highest BCUT2D eigenvalue weighted by Crippen LogP contribution is 2.32. The van der Waals surface area contributed by atoms with E-state index in [1.165, 1.54) is 16.8 Å². The summed E-state index contributed by atoms with van der Waals surface area (Å²) in [5.74, 6) is 0.114. The second-order valence-electron chi connectivity index (χ2n) is 5.99. The molecule has 1 aliphatic rings. The smallest absolute Gasteiger partial charge is 0.253 e. The molecule has 1 atom stereocenters. The van der Waals surface area contributed by atoms with Gasteiger partial charge in [-0.3, -0.25) is 4.79 Å². The summed E-state index contributed by atoms with van der Waals surface area (Å²) in [6.07, 6.45) is 2.17. The van der Waals surface area contributed by atoms with E-state index in [1.54, 1.807) is 0 Å². The first-order valence-electron chi connectivity index (χ1n) is 8.46. The zero-order valence-corrected chi connectivity index (χ0v) is 13.9. The van der Waals surface area contributed by atoms with Crippen LogP contribution in [0, 0.1) is 0 Å². The fourth-order valence-electron chi connectivity index (χ4n) is 3.24. The van der Waals surface area contributed by atoms with Crippen molar-refractivity contribution < 1.29 is 4.79 Å². The summed E-state index contributed by atoms with van der Waals surface area (Å²) in [6, 6.07) is 16.9. The number of carbonyl (C=O) groups is 1. The Morgan fingerprint density at radius 3 is 2.48 bits per heavy atom. The predicted octanol–water partition coefficient (Wildman–Crippen LogP) is 4.27. The van der Waals surface area contributed by atoms with Crippen LogP contribution in [0.2, 0.25) is 0 Å². The van der Waals surface area contributed by atoms with Gasteiger partial charge >= 0.3 is 0 Å². The highest BCUT2D eigenvalue weighted by Gasteiger charge is 2.19. The molecule has 120 valence electrons. The average molecular weight is 308 g/mol. The van der Waals surface area contributed by atoms with Crippen molar-refractivity contribution >= 4 is 11.6 Å². The van der Waals surface area contributed by atoms with Crippen molar-refractivity contribution in [3.8, 4) is 0 Å². The summed E-state index contributed by atoms with van der Waals surface area (Å²) >= 11 is 0. The molecule has 0 bridgehead atoms. The van der Waals surface area contributed by atoms with E-state index in [9.17, 15) is 4.79 Å². The number of hydrogen-bond donors (Lipinski definition) is 1. The van der Waals surface area contributed by atoms with Crippen LogP contribution in [-0.2, 0) is 6.42 Å². The van der Waals surface area contributed by atoms with Gasteiger partial charge in [0.15, 0.2) is 0 Å². The van der Waals surface area contributed by atoms with E-state index in [2.05, 4.69) is 41.7 Å². The molecule has 1 N–H and O–H groups in total. The molecule has 1 aliphatic heterocycles. The van der Waals surface area contributed by atoms with Gasteiger partial charge in [-0.25, -0.2) is 0 Å². The van der Waals surface area contributed by atoms with Crippen molar-refractivity contribution in [2.24, 2.45) is 0 Å². The Labute approximate surface area is 138 Å². The number of rotatable bonds is 4. The van der Waals surface area contributed by atoms with Gasteiger partial charge < -0.3 is 10.2 Å².